The van der Waals surface area contributed by atoms with Crippen LogP contribution in [0.5, 0.6) is 0 Å². The third kappa shape index (κ3) is 3.30. The van der Waals surface area contributed by atoms with Crippen molar-refractivity contribution < 1.29 is 19.4 Å². The molecule has 0 aromatic carbocycles. The molecule has 2 heterocycles. The Labute approximate surface area is 122 Å². The van der Waals surface area contributed by atoms with Gasteiger partial charge in [-0.1, -0.05) is 6.92 Å². The van der Waals surface area contributed by atoms with Crippen LogP contribution in [-0.4, -0.2) is 47.8 Å². The Kier molecular flexibility index (Phi) is 4.74. The summed E-state index contributed by atoms with van der Waals surface area (Å²) >= 11 is 0. The number of carbonyl (C=O) groups is 2. The number of ether oxygens (including phenoxy) is 1. The van der Waals surface area contributed by atoms with Crippen LogP contribution >= 0.6 is 0 Å². The first-order valence-electron chi connectivity index (χ1n) is 6.87. The van der Waals surface area contributed by atoms with Gasteiger partial charge in [-0.15, -0.1) is 0 Å². The second-order valence-electron chi connectivity index (χ2n) is 5.01. The maximum Gasteiger partial charge on any atom is 0.311 e. The Morgan fingerprint density at radius 1 is 1.52 bits per heavy atom. The van der Waals surface area contributed by atoms with Gasteiger partial charge in [0.1, 0.15) is 11.7 Å². The van der Waals surface area contributed by atoms with E-state index < -0.39 is 17.8 Å². The molecule has 7 heteroatoms. The molecule has 1 aromatic heterocycles. The van der Waals surface area contributed by atoms with E-state index in [2.05, 4.69) is 4.98 Å². The Balaban J connectivity index is 2.32. The van der Waals surface area contributed by atoms with Gasteiger partial charge >= 0.3 is 5.97 Å². The van der Waals surface area contributed by atoms with Gasteiger partial charge in [0.15, 0.2) is 0 Å². The molecule has 2 atom stereocenters. The lowest BCUT2D eigenvalue weighted by atomic mass is 10.0. The summed E-state index contributed by atoms with van der Waals surface area (Å²) in [4.78, 5) is 28.7. The molecule has 21 heavy (non-hydrogen) atoms. The quantitative estimate of drug-likeness (QED) is 0.791. The van der Waals surface area contributed by atoms with Crippen LogP contribution in [0.25, 0.3) is 0 Å². The first-order valence-corrected chi connectivity index (χ1v) is 6.87. The van der Waals surface area contributed by atoms with Crippen LogP contribution in [0.15, 0.2) is 18.3 Å². The van der Waals surface area contributed by atoms with Gasteiger partial charge in [0, 0.05) is 18.3 Å². The summed E-state index contributed by atoms with van der Waals surface area (Å²) in [6, 6.07) is 2.84. The second-order valence-corrected chi connectivity index (χ2v) is 5.01. The average Bonchev–Trinajstić information content (AvgIpc) is 2.94. The fourth-order valence-electron chi connectivity index (χ4n) is 2.51. The maximum absolute atomic E-state index is 11.3. The molecule has 114 valence electrons. The first-order chi connectivity index (χ1) is 10.0. The molecule has 1 saturated heterocycles. The molecule has 0 spiro atoms. The summed E-state index contributed by atoms with van der Waals surface area (Å²) in [5.41, 5.74) is 5.64. The number of anilines is 1. The number of carboxylic acids is 1. The summed E-state index contributed by atoms with van der Waals surface area (Å²) in [5.74, 6) is -1.47. The van der Waals surface area contributed by atoms with Crippen LogP contribution in [0.4, 0.5) is 5.82 Å². The van der Waals surface area contributed by atoms with Crippen LogP contribution in [0, 0.1) is 5.92 Å². The highest BCUT2D eigenvalue weighted by molar-refractivity contribution is 5.93. The lowest BCUT2D eigenvalue weighted by Crippen LogP contribution is -2.44. The van der Waals surface area contributed by atoms with Crippen molar-refractivity contribution in [3.05, 3.63) is 23.9 Å². The van der Waals surface area contributed by atoms with E-state index in [1.807, 2.05) is 11.8 Å². The van der Waals surface area contributed by atoms with E-state index in [1.165, 1.54) is 12.3 Å². The lowest BCUT2D eigenvalue weighted by Gasteiger charge is -2.31. The number of carboxylic acid groups (broad SMARTS) is 1. The number of primary amides is 1. The van der Waals surface area contributed by atoms with Crippen molar-refractivity contribution in [3.8, 4) is 0 Å². The Bertz CT molecular complexity index is 535. The minimum atomic E-state index is -0.885. The topological polar surface area (TPSA) is 106 Å². The van der Waals surface area contributed by atoms with E-state index >= 15 is 0 Å². The molecule has 1 amide bonds. The van der Waals surface area contributed by atoms with Crippen LogP contribution < -0.4 is 10.6 Å². The number of amides is 1. The van der Waals surface area contributed by atoms with Gasteiger partial charge in [0.05, 0.1) is 19.3 Å². The minimum absolute atomic E-state index is 0.190. The molecular formula is C14H19N3O4. The zero-order valence-electron chi connectivity index (χ0n) is 11.9. The second kappa shape index (κ2) is 6.53. The van der Waals surface area contributed by atoms with Gasteiger partial charge in [-0.2, -0.15) is 0 Å². The number of aromatic nitrogens is 1. The molecule has 2 rings (SSSR count). The van der Waals surface area contributed by atoms with Crippen LogP contribution in [-0.2, 0) is 9.53 Å². The molecule has 3 N–H and O–H groups in total. The Morgan fingerprint density at radius 3 is 2.90 bits per heavy atom. The van der Waals surface area contributed by atoms with E-state index in [-0.39, 0.29) is 12.6 Å². The summed E-state index contributed by atoms with van der Waals surface area (Å²) in [5, 5.41) is 9.29. The molecule has 7 nitrogen and oxygen atoms in total. The molecule has 1 aliphatic rings. The highest BCUT2D eigenvalue weighted by atomic mass is 16.5. The summed E-state index contributed by atoms with van der Waals surface area (Å²) < 4.78 is 5.32. The Morgan fingerprint density at radius 2 is 2.29 bits per heavy atom. The number of pyridine rings is 1. The van der Waals surface area contributed by atoms with Crippen molar-refractivity contribution in [2.45, 2.75) is 19.4 Å². The van der Waals surface area contributed by atoms with Crippen LogP contribution in [0.3, 0.4) is 0 Å². The normalized spacial score (nSPS) is 21.2. The van der Waals surface area contributed by atoms with Crippen molar-refractivity contribution in [2.75, 3.05) is 24.7 Å². The van der Waals surface area contributed by atoms with Crippen molar-refractivity contribution in [3.63, 3.8) is 0 Å². The number of aliphatic carboxylic acids is 1. The monoisotopic (exact) mass is 293 g/mol. The molecule has 1 aromatic rings. The molecule has 1 aliphatic heterocycles. The van der Waals surface area contributed by atoms with E-state index in [0.29, 0.717) is 24.5 Å². The van der Waals surface area contributed by atoms with E-state index in [0.717, 1.165) is 6.42 Å². The zero-order valence-corrected chi connectivity index (χ0v) is 11.9. The minimum Gasteiger partial charge on any atom is -0.481 e. The molecule has 0 bridgehead atoms. The predicted molar refractivity (Wildman–Crippen MR) is 76.1 cm³/mol. The molecule has 1 fully saturated rings. The number of nitrogens with two attached hydrogens (primary N) is 1. The SMILES string of the molecule is CCCN(c1cc(C(N)=O)ccn1)C1COCC1C(=O)O. The standard InChI is InChI=1S/C14H19N3O4/c1-2-5-17(11-8-21-7-10(11)14(19)20)12-6-9(13(15)18)3-4-16-12/h3-4,6,10-11H,2,5,7-8H2,1H3,(H2,15,18)(H,19,20). The van der Waals surface area contributed by atoms with Crippen molar-refractivity contribution in [1.29, 1.82) is 0 Å². The van der Waals surface area contributed by atoms with Crippen LogP contribution in [0.2, 0.25) is 0 Å². The average molecular weight is 293 g/mol. The number of hydrogen-bond acceptors (Lipinski definition) is 5. The summed E-state index contributed by atoms with van der Waals surface area (Å²) in [6.45, 7) is 3.15. The van der Waals surface area contributed by atoms with Crippen molar-refractivity contribution in [1.82, 2.24) is 4.98 Å². The fourth-order valence-corrected chi connectivity index (χ4v) is 2.51. The lowest BCUT2D eigenvalue weighted by molar-refractivity contribution is -0.142. The third-order valence-electron chi connectivity index (χ3n) is 3.56. The highest BCUT2D eigenvalue weighted by Crippen LogP contribution is 2.25. The van der Waals surface area contributed by atoms with Gasteiger partial charge in [0.2, 0.25) is 5.91 Å². The molecule has 2 unspecified atom stereocenters. The molecule has 0 aliphatic carbocycles. The van der Waals surface area contributed by atoms with Gasteiger partial charge in [-0.05, 0) is 18.6 Å². The smallest absolute Gasteiger partial charge is 0.311 e. The third-order valence-corrected chi connectivity index (χ3v) is 3.56. The van der Waals surface area contributed by atoms with Gasteiger partial charge in [-0.25, -0.2) is 4.98 Å². The molecule has 0 saturated carbocycles. The van der Waals surface area contributed by atoms with Crippen molar-refractivity contribution in [2.24, 2.45) is 11.7 Å². The van der Waals surface area contributed by atoms with Gasteiger partial charge in [-0.3, -0.25) is 9.59 Å². The first kappa shape index (κ1) is 15.2. The van der Waals surface area contributed by atoms with E-state index in [4.69, 9.17) is 10.5 Å². The number of carbonyl (C=O) groups excluding carboxylic acids is 1. The maximum atomic E-state index is 11.3. The van der Waals surface area contributed by atoms with Crippen molar-refractivity contribution >= 4 is 17.7 Å². The summed E-state index contributed by atoms with van der Waals surface area (Å²) in [7, 11) is 0. The molecular weight excluding hydrogens is 274 g/mol. The largest absolute Gasteiger partial charge is 0.481 e. The predicted octanol–water partition coefficient (Wildman–Crippen LogP) is 0.496. The number of nitrogens with zero attached hydrogens (tertiary/aromatic N) is 2. The summed E-state index contributed by atoms with van der Waals surface area (Å²) in [6.07, 6.45) is 2.33. The molecule has 0 radical (unpaired) electrons. The fraction of sp³-hybridized carbons (Fsp3) is 0.500. The van der Waals surface area contributed by atoms with E-state index in [1.54, 1.807) is 6.07 Å². The van der Waals surface area contributed by atoms with Gasteiger partial charge in [0.25, 0.3) is 0 Å². The van der Waals surface area contributed by atoms with Crippen LogP contribution in [0.1, 0.15) is 23.7 Å². The highest BCUT2D eigenvalue weighted by Gasteiger charge is 2.38. The number of rotatable bonds is 6. The Hall–Kier alpha value is -2.15. The van der Waals surface area contributed by atoms with Gasteiger partial charge < -0.3 is 20.5 Å². The zero-order chi connectivity index (χ0) is 15.4. The van der Waals surface area contributed by atoms with E-state index in [9.17, 15) is 14.7 Å². The number of hydrogen-bond donors (Lipinski definition) is 2.